The number of hydrogen-bond donors (Lipinski definition) is 1. The molecule has 0 saturated carbocycles. The topological polar surface area (TPSA) is 73.6 Å². The van der Waals surface area contributed by atoms with Gasteiger partial charge in [0.25, 0.3) is 5.91 Å². The van der Waals surface area contributed by atoms with Gasteiger partial charge in [0.15, 0.2) is 0 Å². The molecule has 2 rings (SSSR count). The molecule has 5 heteroatoms. The van der Waals surface area contributed by atoms with Crippen LogP contribution in [0.1, 0.15) is 29.3 Å². The molecule has 0 fully saturated rings. The van der Waals surface area contributed by atoms with Crippen LogP contribution in [0.2, 0.25) is 0 Å². The number of aliphatic hydroxyl groups is 1. The summed E-state index contributed by atoms with van der Waals surface area (Å²) in [6.07, 6.45) is 0.0389. The number of nitriles is 1. The molecule has 1 amide bonds. The lowest BCUT2D eigenvalue weighted by Gasteiger charge is -2.20. The molecule has 2 aromatic carbocycles. The van der Waals surface area contributed by atoms with Crippen LogP contribution in [0.3, 0.4) is 0 Å². The molecule has 5 nitrogen and oxygen atoms in total. The number of carbonyl (C=O) groups excluding carboxylic acids is 1. The van der Waals surface area contributed by atoms with Crippen molar-refractivity contribution in [2.75, 3.05) is 13.6 Å². The van der Waals surface area contributed by atoms with Crippen LogP contribution in [-0.4, -0.2) is 35.6 Å². The van der Waals surface area contributed by atoms with E-state index in [9.17, 15) is 9.90 Å². The molecule has 2 aromatic rings. The van der Waals surface area contributed by atoms with Crippen LogP contribution in [0, 0.1) is 11.3 Å². The van der Waals surface area contributed by atoms with E-state index in [1.165, 1.54) is 0 Å². The van der Waals surface area contributed by atoms with Crippen molar-refractivity contribution in [1.29, 1.82) is 5.26 Å². The van der Waals surface area contributed by atoms with Crippen LogP contribution in [-0.2, 0) is 0 Å². The molecule has 0 aliphatic heterocycles. The molecule has 1 N–H and O–H groups in total. The smallest absolute Gasteiger partial charge is 0.257 e. The predicted molar refractivity (Wildman–Crippen MR) is 90.9 cm³/mol. The van der Waals surface area contributed by atoms with Gasteiger partial charge in [0, 0.05) is 13.6 Å². The van der Waals surface area contributed by atoms with Crippen LogP contribution in [0.25, 0.3) is 0 Å². The molecule has 0 heterocycles. The minimum absolute atomic E-state index is 0.194. The van der Waals surface area contributed by atoms with Crippen molar-refractivity contribution in [3.8, 4) is 17.6 Å². The maximum Gasteiger partial charge on any atom is 0.257 e. The maximum absolute atomic E-state index is 12.6. The van der Waals surface area contributed by atoms with Crippen molar-refractivity contribution in [1.82, 2.24) is 4.90 Å². The molecule has 0 aliphatic carbocycles. The first-order valence-electron chi connectivity index (χ1n) is 7.72. The lowest BCUT2D eigenvalue weighted by atomic mass is 10.1. The second-order valence-electron chi connectivity index (χ2n) is 5.57. The van der Waals surface area contributed by atoms with Gasteiger partial charge in [-0.2, -0.15) is 5.26 Å². The second-order valence-corrected chi connectivity index (χ2v) is 5.57. The Morgan fingerprint density at radius 2 is 1.83 bits per heavy atom. The van der Waals surface area contributed by atoms with Gasteiger partial charge in [0.1, 0.15) is 17.6 Å². The molecule has 0 bridgehead atoms. The number of nitrogens with zero attached hydrogens (tertiary/aromatic N) is 2. The fourth-order valence-corrected chi connectivity index (χ4v) is 2.19. The Morgan fingerprint density at radius 3 is 2.50 bits per heavy atom. The number of rotatable bonds is 6. The van der Waals surface area contributed by atoms with Gasteiger partial charge in [-0.25, -0.2) is 0 Å². The summed E-state index contributed by atoms with van der Waals surface area (Å²) in [6.45, 7) is 2.13. The van der Waals surface area contributed by atoms with E-state index >= 15 is 0 Å². The number of carbonyl (C=O) groups is 1. The summed E-state index contributed by atoms with van der Waals surface area (Å²) >= 11 is 0. The number of hydrogen-bond acceptors (Lipinski definition) is 4. The lowest BCUT2D eigenvalue weighted by molar-refractivity contribution is 0.0766. The van der Waals surface area contributed by atoms with E-state index in [0.717, 1.165) is 0 Å². The number of para-hydroxylation sites is 2. The zero-order valence-corrected chi connectivity index (χ0v) is 13.8. The Balaban J connectivity index is 2.24. The Bertz CT molecular complexity index is 750. The van der Waals surface area contributed by atoms with Gasteiger partial charge in [-0.1, -0.05) is 24.3 Å². The second kappa shape index (κ2) is 8.14. The number of benzene rings is 2. The highest BCUT2D eigenvalue weighted by Crippen LogP contribution is 2.28. The molecule has 0 spiro atoms. The van der Waals surface area contributed by atoms with Crippen molar-refractivity contribution < 1.29 is 14.6 Å². The van der Waals surface area contributed by atoms with E-state index in [1.807, 2.05) is 0 Å². The van der Waals surface area contributed by atoms with E-state index in [2.05, 4.69) is 6.07 Å². The van der Waals surface area contributed by atoms with Gasteiger partial charge >= 0.3 is 0 Å². The zero-order chi connectivity index (χ0) is 17.5. The first-order chi connectivity index (χ1) is 11.5. The minimum atomic E-state index is -0.464. The third-order valence-corrected chi connectivity index (χ3v) is 3.57. The zero-order valence-electron chi connectivity index (χ0n) is 13.8. The molecule has 0 aromatic heterocycles. The minimum Gasteiger partial charge on any atom is -0.455 e. The highest BCUT2D eigenvalue weighted by atomic mass is 16.5. The summed E-state index contributed by atoms with van der Waals surface area (Å²) in [7, 11) is 1.69. The average Bonchev–Trinajstić information content (AvgIpc) is 2.60. The largest absolute Gasteiger partial charge is 0.455 e. The molecule has 124 valence electrons. The fourth-order valence-electron chi connectivity index (χ4n) is 2.19. The van der Waals surface area contributed by atoms with Crippen molar-refractivity contribution in [3.05, 3.63) is 59.7 Å². The van der Waals surface area contributed by atoms with Gasteiger partial charge in [0.2, 0.25) is 0 Å². The van der Waals surface area contributed by atoms with Gasteiger partial charge in [0.05, 0.1) is 17.2 Å². The Kier molecular flexibility index (Phi) is 5.94. The Labute approximate surface area is 141 Å². The third-order valence-electron chi connectivity index (χ3n) is 3.57. The van der Waals surface area contributed by atoms with E-state index in [-0.39, 0.29) is 5.91 Å². The van der Waals surface area contributed by atoms with E-state index in [0.29, 0.717) is 35.6 Å². The summed E-state index contributed by atoms with van der Waals surface area (Å²) in [6, 6.07) is 15.9. The quantitative estimate of drug-likeness (QED) is 0.885. The van der Waals surface area contributed by atoms with Crippen molar-refractivity contribution >= 4 is 5.91 Å². The number of amides is 1. The van der Waals surface area contributed by atoms with Crippen LogP contribution >= 0.6 is 0 Å². The van der Waals surface area contributed by atoms with Gasteiger partial charge in [-0.3, -0.25) is 4.79 Å². The molecule has 0 radical (unpaired) electrons. The molecular formula is C19H20N2O3. The van der Waals surface area contributed by atoms with Gasteiger partial charge in [-0.15, -0.1) is 0 Å². The van der Waals surface area contributed by atoms with Crippen molar-refractivity contribution in [2.24, 2.45) is 0 Å². The molecule has 0 aliphatic rings. The maximum atomic E-state index is 12.6. The molecular weight excluding hydrogens is 304 g/mol. The van der Waals surface area contributed by atoms with Crippen LogP contribution in [0.4, 0.5) is 0 Å². The standard InChI is InChI=1S/C19H20N2O3/c1-14(22)11-12-21(2)19(23)16-8-4-6-10-18(16)24-17-9-5-3-7-15(17)13-20/h3-10,14,22H,11-12H2,1-2H3. The van der Waals surface area contributed by atoms with Gasteiger partial charge in [-0.05, 0) is 37.6 Å². The number of aliphatic hydroxyl groups excluding tert-OH is 1. The van der Waals surface area contributed by atoms with Crippen molar-refractivity contribution in [3.63, 3.8) is 0 Å². The van der Waals surface area contributed by atoms with Crippen LogP contribution in [0.15, 0.2) is 48.5 Å². The van der Waals surface area contributed by atoms with E-state index in [1.54, 1.807) is 67.4 Å². The Morgan fingerprint density at radius 1 is 1.21 bits per heavy atom. The summed E-state index contributed by atoms with van der Waals surface area (Å²) in [5.74, 6) is 0.613. The normalized spacial score (nSPS) is 11.4. The lowest BCUT2D eigenvalue weighted by Crippen LogP contribution is -2.29. The number of ether oxygens (including phenoxy) is 1. The highest BCUT2D eigenvalue weighted by Gasteiger charge is 2.18. The van der Waals surface area contributed by atoms with Crippen LogP contribution in [0.5, 0.6) is 11.5 Å². The predicted octanol–water partition coefficient (Wildman–Crippen LogP) is 3.19. The van der Waals surface area contributed by atoms with E-state index < -0.39 is 6.10 Å². The average molecular weight is 324 g/mol. The summed E-state index contributed by atoms with van der Waals surface area (Å²) in [5.41, 5.74) is 0.820. The van der Waals surface area contributed by atoms with Crippen LogP contribution < -0.4 is 4.74 Å². The molecule has 1 atom stereocenters. The third kappa shape index (κ3) is 4.34. The fraction of sp³-hybridized carbons (Fsp3) is 0.263. The monoisotopic (exact) mass is 324 g/mol. The summed E-state index contributed by atoms with van der Waals surface area (Å²) in [4.78, 5) is 14.2. The van der Waals surface area contributed by atoms with E-state index in [4.69, 9.17) is 10.00 Å². The highest BCUT2D eigenvalue weighted by molar-refractivity contribution is 5.96. The SMILES string of the molecule is CC(O)CCN(C)C(=O)c1ccccc1Oc1ccccc1C#N. The summed E-state index contributed by atoms with van der Waals surface area (Å²) < 4.78 is 5.81. The summed E-state index contributed by atoms with van der Waals surface area (Å²) in [5, 5.41) is 18.5. The Hall–Kier alpha value is -2.84. The van der Waals surface area contributed by atoms with Crippen molar-refractivity contribution in [2.45, 2.75) is 19.4 Å². The van der Waals surface area contributed by atoms with Gasteiger partial charge < -0.3 is 14.7 Å². The molecule has 1 unspecified atom stereocenters. The first kappa shape index (κ1) is 17.5. The first-order valence-corrected chi connectivity index (χ1v) is 7.72. The molecule has 0 saturated heterocycles. The molecule has 24 heavy (non-hydrogen) atoms.